The summed E-state index contributed by atoms with van der Waals surface area (Å²) >= 11 is 0. The molecule has 0 saturated carbocycles. The Labute approximate surface area is 76.8 Å². The van der Waals surface area contributed by atoms with E-state index in [1.165, 1.54) is 0 Å². The predicted molar refractivity (Wildman–Crippen MR) is 46.6 cm³/mol. The Morgan fingerprint density at radius 2 is 1.69 bits per heavy atom. The van der Waals surface area contributed by atoms with Crippen LogP contribution in [0.25, 0.3) is 0 Å². The summed E-state index contributed by atoms with van der Waals surface area (Å²) in [5.74, 6) is 0. The van der Waals surface area contributed by atoms with Gasteiger partial charge in [-0.25, -0.2) is 0 Å². The van der Waals surface area contributed by atoms with Gasteiger partial charge in [-0.2, -0.15) is 10.5 Å². The molecule has 0 bridgehead atoms. The Balaban J connectivity index is 3.11. The lowest BCUT2D eigenvalue weighted by atomic mass is 10.1. The zero-order valence-electron chi connectivity index (χ0n) is 7.24. The van der Waals surface area contributed by atoms with Gasteiger partial charge in [0.2, 0.25) is 0 Å². The van der Waals surface area contributed by atoms with Crippen molar-refractivity contribution in [1.29, 1.82) is 10.5 Å². The van der Waals surface area contributed by atoms with Crippen LogP contribution in [-0.4, -0.2) is 7.11 Å². The molecule has 1 aromatic rings. The zero-order valence-corrected chi connectivity index (χ0v) is 7.24. The van der Waals surface area contributed by atoms with Crippen molar-refractivity contribution >= 4 is 0 Å². The van der Waals surface area contributed by atoms with Crippen LogP contribution in [0.3, 0.4) is 0 Å². The van der Waals surface area contributed by atoms with Crippen LogP contribution in [0.2, 0.25) is 0 Å². The SMILES string of the molecule is COCc1cc(C#N)cc(C#N)c1. The van der Waals surface area contributed by atoms with Gasteiger partial charge in [0.15, 0.2) is 0 Å². The van der Waals surface area contributed by atoms with E-state index < -0.39 is 0 Å². The van der Waals surface area contributed by atoms with Crippen molar-refractivity contribution in [3.05, 3.63) is 34.9 Å². The summed E-state index contributed by atoms with van der Waals surface area (Å²) in [5.41, 5.74) is 1.83. The largest absolute Gasteiger partial charge is 0.380 e. The fourth-order valence-corrected chi connectivity index (χ4v) is 1.07. The molecule has 0 saturated heterocycles. The molecule has 0 unspecified atom stereocenters. The Kier molecular flexibility index (Phi) is 3.03. The quantitative estimate of drug-likeness (QED) is 0.680. The van der Waals surface area contributed by atoms with Crippen LogP contribution in [0.4, 0.5) is 0 Å². The van der Waals surface area contributed by atoms with Crippen LogP contribution in [0.15, 0.2) is 18.2 Å². The van der Waals surface area contributed by atoms with Crippen molar-refractivity contribution < 1.29 is 4.74 Å². The first-order valence-electron chi connectivity index (χ1n) is 3.73. The van der Waals surface area contributed by atoms with Crippen molar-refractivity contribution in [2.24, 2.45) is 0 Å². The second kappa shape index (κ2) is 4.25. The molecule has 0 atom stereocenters. The standard InChI is InChI=1S/C10H8N2O/c1-13-7-10-3-8(5-11)2-9(4-10)6-12/h2-4H,7H2,1H3. The van der Waals surface area contributed by atoms with E-state index >= 15 is 0 Å². The monoisotopic (exact) mass is 172 g/mol. The Morgan fingerprint density at radius 1 is 1.15 bits per heavy atom. The summed E-state index contributed by atoms with van der Waals surface area (Å²) in [6, 6.07) is 8.97. The maximum atomic E-state index is 8.65. The molecule has 0 spiro atoms. The Bertz CT molecular complexity index is 353. The van der Waals surface area contributed by atoms with Crippen molar-refractivity contribution in [3.8, 4) is 12.1 Å². The Morgan fingerprint density at radius 3 is 2.08 bits per heavy atom. The second-order valence-electron chi connectivity index (χ2n) is 2.58. The van der Waals surface area contributed by atoms with Crippen LogP contribution in [0.1, 0.15) is 16.7 Å². The van der Waals surface area contributed by atoms with E-state index in [9.17, 15) is 0 Å². The van der Waals surface area contributed by atoms with Gasteiger partial charge in [0, 0.05) is 7.11 Å². The summed E-state index contributed by atoms with van der Waals surface area (Å²) in [4.78, 5) is 0. The maximum Gasteiger partial charge on any atom is 0.0992 e. The summed E-state index contributed by atoms with van der Waals surface area (Å²) < 4.78 is 4.91. The molecule has 0 heterocycles. The van der Waals surface area contributed by atoms with E-state index in [4.69, 9.17) is 15.3 Å². The highest BCUT2D eigenvalue weighted by Crippen LogP contribution is 2.09. The average Bonchev–Trinajstić information content (AvgIpc) is 2.17. The van der Waals surface area contributed by atoms with E-state index in [1.807, 2.05) is 12.1 Å². The van der Waals surface area contributed by atoms with Gasteiger partial charge in [-0.05, 0) is 23.8 Å². The van der Waals surface area contributed by atoms with E-state index in [2.05, 4.69) is 0 Å². The average molecular weight is 172 g/mol. The molecule has 0 N–H and O–H groups in total. The third-order valence-electron chi connectivity index (χ3n) is 1.56. The van der Waals surface area contributed by atoms with Crippen LogP contribution in [-0.2, 0) is 11.3 Å². The highest BCUT2D eigenvalue weighted by molar-refractivity contribution is 5.42. The molecule has 1 aromatic carbocycles. The van der Waals surface area contributed by atoms with Gasteiger partial charge < -0.3 is 4.74 Å². The third kappa shape index (κ3) is 2.30. The smallest absolute Gasteiger partial charge is 0.0992 e. The molecule has 1 rings (SSSR count). The molecule has 0 radical (unpaired) electrons. The lowest BCUT2D eigenvalue weighted by Gasteiger charge is -2.00. The minimum Gasteiger partial charge on any atom is -0.380 e. The normalized spacial score (nSPS) is 8.85. The molecule has 3 heteroatoms. The Hall–Kier alpha value is -1.84. The van der Waals surface area contributed by atoms with Crippen molar-refractivity contribution in [1.82, 2.24) is 0 Å². The van der Waals surface area contributed by atoms with Gasteiger partial charge in [0.25, 0.3) is 0 Å². The van der Waals surface area contributed by atoms with E-state index in [1.54, 1.807) is 25.3 Å². The molecule has 0 fully saturated rings. The highest BCUT2D eigenvalue weighted by Gasteiger charge is 1.99. The number of methoxy groups -OCH3 is 1. The molecule has 3 nitrogen and oxygen atoms in total. The fraction of sp³-hybridized carbons (Fsp3) is 0.200. The van der Waals surface area contributed by atoms with Crippen LogP contribution in [0.5, 0.6) is 0 Å². The van der Waals surface area contributed by atoms with E-state index in [0.717, 1.165) is 5.56 Å². The predicted octanol–water partition coefficient (Wildman–Crippen LogP) is 1.58. The molecule has 0 aromatic heterocycles. The van der Waals surface area contributed by atoms with Crippen molar-refractivity contribution in [3.63, 3.8) is 0 Å². The summed E-state index contributed by atoms with van der Waals surface area (Å²) in [5, 5.41) is 17.3. The van der Waals surface area contributed by atoms with Gasteiger partial charge in [0.1, 0.15) is 0 Å². The van der Waals surface area contributed by atoms with Crippen molar-refractivity contribution in [2.45, 2.75) is 6.61 Å². The first-order valence-corrected chi connectivity index (χ1v) is 3.73. The molecular formula is C10H8N2O. The number of hydrogen-bond acceptors (Lipinski definition) is 3. The molecule has 0 amide bonds. The highest BCUT2D eigenvalue weighted by atomic mass is 16.5. The van der Waals surface area contributed by atoms with Gasteiger partial charge in [-0.3, -0.25) is 0 Å². The number of rotatable bonds is 2. The minimum absolute atomic E-state index is 0.421. The third-order valence-corrected chi connectivity index (χ3v) is 1.56. The number of benzene rings is 1. The molecule has 13 heavy (non-hydrogen) atoms. The van der Waals surface area contributed by atoms with Gasteiger partial charge in [-0.1, -0.05) is 0 Å². The lowest BCUT2D eigenvalue weighted by Crippen LogP contribution is -1.90. The molecular weight excluding hydrogens is 164 g/mol. The molecule has 0 aliphatic carbocycles. The van der Waals surface area contributed by atoms with Crippen LogP contribution >= 0.6 is 0 Å². The van der Waals surface area contributed by atoms with E-state index in [-0.39, 0.29) is 0 Å². The molecule has 64 valence electrons. The van der Waals surface area contributed by atoms with Gasteiger partial charge in [-0.15, -0.1) is 0 Å². The first kappa shape index (κ1) is 9.25. The summed E-state index contributed by atoms with van der Waals surface area (Å²) in [6.07, 6.45) is 0. The first-order chi connectivity index (χ1) is 6.30. The topological polar surface area (TPSA) is 56.8 Å². The summed E-state index contributed by atoms with van der Waals surface area (Å²) in [7, 11) is 1.57. The summed E-state index contributed by atoms with van der Waals surface area (Å²) in [6.45, 7) is 0.421. The minimum atomic E-state index is 0.421. The van der Waals surface area contributed by atoms with Gasteiger partial charge >= 0.3 is 0 Å². The number of nitriles is 2. The number of hydrogen-bond donors (Lipinski definition) is 0. The second-order valence-corrected chi connectivity index (χ2v) is 2.58. The number of ether oxygens (including phenoxy) is 1. The van der Waals surface area contributed by atoms with E-state index in [0.29, 0.717) is 17.7 Å². The molecule has 0 aliphatic rings. The van der Waals surface area contributed by atoms with Gasteiger partial charge in [0.05, 0.1) is 29.9 Å². The molecule has 0 aliphatic heterocycles. The lowest BCUT2D eigenvalue weighted by molar-refractivity contribution is 0.185. The van der Waals surface area contributed by atoms with Crippen LogP contribution in [0, 0.1) is 22.7 Å². The number of nitrogens with zero attached hydrogens (tertiary/aromatic N) is 2. The fourth-order valence-electron chi connectivity index (χ4n) is 1.07. The maximum absolute atomic E-state index is 8.65. The zero-order chi connectivity index (χ0) is 9.68. The van der Waals surface area contributed by atoms with Crippen molar-refractivity contribution in [2.75, 3.05) is 7.11 Å². The van der Waals surface area contributed by atoms with Crippen LogP contribution < -0.4 is 0 Å².